The van der Waals surface area contributed by atoms with Crippen LogP contribution in [-0.4, -0.2) is 78.0 Å². The van der Waals surface area contributed by atoms with Crippen LogP contribution in [0.15, 0.2) is 60.7 Å². The Kier molecular flexibility index (Phi) is 11.6. The first-order chi connectivity index (χ1) is 26.1. The average Bonchev–Trinajstić information content (AvgIpc) is 3.71. The lowest BCUT2D eigenvalue weighted by Crippen LogP contribution is -2.21. The van der Waals surface area contributed by atoms with Crippen molar-refractivity contribution in [1.82, 2.24) is 0 Å². The van der Waals surface area contributed by atoms with E-state index in [9.17, 15) is 19.8 Å². The molecule has 0 spiro atoms. The molecule has 0 bridgehead atoms. The van der Waals surface area contributed by atoms with Gasteiger partial charge in [0.2, 0.25) is 11.5 Å². The number of cyclic esters (lactones) is 2. The molecule has 0 amide bonds. The summed E-state index contributed by atoms with van der Waals surface area (Å²) < 4.78 is 44.0. The summed E-state index contributed by atoms with van der Waals surface area (Å²) in [6.07, 6.45) is 1.97. The number of carbonyl (C=O) groups is 2. The highest BCUT2D eigenvalue weighted by Gasteiger charge is 2.38. The van der Waals surface area contributed by atoms with E-state index >= 15 is 0 Å². The van der Waals surface area contributed by atoms with Crippen LogP contribution in [0.4, 0.5) is 0 Å². The lowest BCUT2D eigenvalue weighted by molar-refractivity contribution is -0.142. The summed E-state index contributed by atoms with van der Waals surface area (Å²) in [6.45, 7) is 0.593. The van der Waals surface area contributed by atoms with Gasteiger partial charge in [-0.25, -0.2) is 0 Å². The fourth-order valence-electron chi connectivity index (χ4n) is 7.53. The summed E-state index contributed by atoms with van der Waals surface area (Å²) in [5.41, 5.74) is 5.24. The first-order valence-corrected chi connectivity index (χ1v) is 17.7. The van der Waals surface area contributed by atoms with Crippen LogP contribution in [-0.2, 0) is 44.7 Å². The van der Waals surface area contributed by atoms with Gasteiger partial charge in [-0.2, -0.15) is 0 Å². The van der Waals surface area contributed by atoms with Gasteiger partial charge < -0.3 is 48.1 Å². The maximum absolute atomic E-state index is 12.9. The molecule has 2 unspecified atom stereocenters. The van der Waals surface area contributed by atoms with Gasteiger partial charge in [0.05, 0.1) is 67.7 Å². The first kappa shape index (κ1) is 38.0. The number of methoxy groups -OCH3 is 6. The number of phenols is 2. The van der Waals surface area contributed by atoms with Crippen LogP contribution in [0.3, 0.4) is 0 Å². The molecule has 2 saturated heterocycles. The van der Waals surface area contributed by atoms with Crippen LogP contribution >= 0.6 is 0 Å². The molecule has 4 aromatic carbocycles. The van der Waals surface area contributed by atoms with Crippen molar-refractivity contribution in [2.45, 2.75) is 25.7 Å². The molecule has 0 aliphatic carbocycles. The molecule has 0 aromatic heterocycles. The molecule has 12 nitrogen and oxygen atoms in total. The molecule has 0 radical (unpaired) electrons. The highest BCUT2D eigenvalue weighted by Crippen LogP contribution is 2.42. The zero-order chi connectivity index (χ0) is 38.5. The van der Waals surface area contributed by atoms with Crippen molar-refractivity contribution < 1.29 is 57.7 Å². The largest absolute Gasteiger partial charge is 0.502 e. The summed E-state index contributed by atoms with van der Waals surface area (Å²) in [7, 11) is 9.11. The maximum atomic E-state index is 12.9. The second-order valence-electron chi connectivity index (χ2n) is 13.6. The third-order valence-electron chi connectivity index (χ3n) is 10.4. The van der Waals surface area contributed by atoms with Crippen molar-refractivity contribution in [2.24, 2.45) is 23.7 Å². The Morgan fingerprint density at radius 1 is 0.481 bits per heavy atom. The summed E-state index contributed by atoms with van der Waals surface area (Å²) in [4.78, 5) is 25.8. The Morgan fingerprint density at radius 3 is 1.11 bits per heavy atom. The van der Waals surface area contributed by atoms with E-state index in [1.165, 1.54) is 28.4 Å². The van der Waals surface area contributed by atoms with Crippen LogP contribution in [0.25, 0.3) is 11.1 Å². The summed E-state index contributed by atoms with van der Waals surface area (Å²) in [6, 6.07) is 18.8. The molecule has 54 heavy (non-hydrogen) atoms. The minimum Gasteiger partial charge on any atom is -0.502 e. The number of carbonyl (C=O) groups excluding carboxylic acids is 2. The number of hydrogen-bond acceptors (Lipinski definition) is 12. The molecule has 286 valence electrons. The Labute approximate surface area is 314 Å². The van der Waals surface area contributed by atoms with Gasteiger partial charge in [-0.3, -0.25) is 9.59 Å². The van der Waals surface area contributed by atoms with Crippen molar-refractivity contribution in [2.75, 3.05) is 55.9 Å². The molecule has 4 atom stereocenters. The molecular formula is C42H46O12. The maximum Gasteiger partial charge on any atom is 0.309 e. The lowest BCUT2D eigenvalue weighted by atomic mass is 9.84. The Hall–Kier alpha value is -5.78. The van der Waals surface area contributed by atoms with E-state index in [2.05, 4.69) is 0 Å². The van der Waals surface area contributed by atoms with E-state index in [0.717, 1.165) is 33.4 Å². The highest BCUT2D eigenvalue weighted by atomic mass is 16.5. The zero-order valence-corrected chi connectivity index (χ0v) is 31.3. The minimum atomic E-state index is -0.394. The van der Waals surface area contributed by atoms with E-state index in [-0.39, 0.29) is 58.3 Å². The zero-order valence-electron chi connectivity index (χ0n) is 31.3. The SMILES string of the molecule is COc1cc(CC2COC(=O)[C@@H]2Cc2cc(OC)c(O)c(OC)c2)ccc1-c1ccc(C[C@H]2COC(=O)C2Cc2cc(OC)c(O)c(OC)c2)cc1OC. The smallest absolute Gasteiger partial charge is 0.309 e. The van der Waals surface area contributed by atoms with Gasteiger partial charge in [0.1, 0.15) is 11.5 Å². The van der Waals surface area contributed by atoms with E-state index in [1.807, 2.05) is 36.4 Å². The van der Waals surface area contributed by atoms with Crippen LogP contribution in [0.2, 0.25) is 0 Å². The van der Waals surface area contributed by atoms with E-state index in [1.54, 1.807) is 38.5 Å². The molecule has 2 aliphatic heterocycles. The summed E-state index contributed by atoms with van der Waals surface area (Å²) >= 11 is 0. The third-order valence-corrected chi connectivity index (χ3v) is 10.4. The predicted octanol–water partition coefficient (Wildman–Crippen LogP) is 5.97. The Bertz CT molecular complexity index is 1810. The van der Waals surface area contributed by atoms with E-state index in [4.69, 9.17) is 37.9 Å². The van der Waals surface area contributed by atoms with Crippen molar-refractivity contribution in [3.8, 4) is 57.1 Å². The van der Waals surface area contributed by atoms with Crippen LogP contribution in [0.1, 0.15) is 22.3 Å². The van der Waals surface area contributed by atoms with Crippen LogP contribution < -0.4 is 28.4 Å². The molecule has 6 rings (SSSR count). The predicted molar refractivity (Wildman–Crippen MR) is 198 cm³/mol. The van der Waals surface area contributed by atoms with Gasteiger partial charge >= 0.3 is 11.9 Å². The van der Waals surface area contributed by atoms with Crippen LogP contribution in [0.5, 0.6) is 46.0 Å². The van der Waals surface area contributed by atoms with Gasteiger partial charge in [0, 0.05) is 23.0 Å². The molecule has 2 aliphatic rings. The molecule has 0 saturated carbocycles. The molecule has 12 heteroatoms. The fraction of sp³-hybridized carbons (Fsp3) is 0.381. The highest BCUT2D eigenvalue weighted by molar-refractivity contribution is 5.78. The number of benzene rings is 4. The van der Waals surface area contributed by atoms with Crippen molar-refractivity contribution >= 4 is 11.9 Å². The van der Waals surface area contributed by atoms with Gasteiger partial charge in [0.25, 0.3) is 0 Å². The van der Waals surface area contributed by atoms with E-state index < -0.39 is 11.8 Å². The van der Waals surface area contributed by atoms with Gasteiger partial charge in [-0.15, -0.1) is 0 Å². The minimum absolute atomic E-state index is 0.0824. The lowest BCUT2D eigenvalue weighted by Gasteiger charge is -2.19. The van der Waals surface area contributed by atoms with Crippen LogP contribution in [0, 0.1) is 23.7 Å². The quantitative estimate of drug-likeness (QED) is 0.138. The standard InChI is InChI=1S/C42H46O12/c1-47-33-15-23(11-27-21-53-41(45)31(27)13-25-17-35(49-3)39(43)36(18-25)50-4)7-9-29(33)30-10-8-24(16-34(30)48-2)12-28-22-54-42(46)32(28)14-26-19-37(51-5)40(44)38(20-26)52-6/h7-10,15-20,27-28,31-32,43-44H,11-14,21-22H2,1-6H3/t27-,28?,31?,32+/m0/s1. The second-order valence-corrected chi connectivity index (χ2v) is 13.6. The molecule has 2 heterocycles. The number of rotatable bonds is 15. The van der Waals surface area contributed by atoms with Crippen molar-refractivity contribution in [1.29, 1.82) is 0 Å². The van der Waals surface area contributed by atoms with Gasteiger partial charge in [-0.1, -0.05) is 24.3 Å². The fourth-order valence-corrected chi connectivity index (χ4v) is 7.53. The van der Waals surface area contributed by atoms with Gasteiger partial charge in [0.15, 0.2) is 23.0 Å². The summed E-state index contributed by atoms with van der Waals surface area (Å²) in [5.74, 6) is 0.745. The molecule has 2 fully saturated rings. The number of esters is 2. The summed E-state index contributed by atoms with van der Waals surface area (Å²) in [5, 5.41) is 20.7. The van der Waals surface area contributed by atoms with Crippen molar-refractivity contribution in [3.63, 3.8) is 0 Å². The van der Waals surface area contributed by atoms with E-state index in [0.29, 0.717) is 50.4 Å². The number of phenolic OH excluding ortho intramolecular Hbond substituents is 2. The number of aromatic hydroxyl groups is 2. The molecule has 4 aromatic rings. The number of hydrogen-bond donors (Lipinski definition) is 2. The molecule has 2 N–H and O–H groups in total. The number of ether oxygens (including phenoxy) is 8. The van der Waals surface area contributed by atoms with Crippen molar-refractivity contribution in [3.05, 3.63) is 82.9 Å². The topological polar surface area (TPSA) is 148 Å². The monoisotopic (exact) mass is 742 g/mol. The first-order valence-electron chi connectivity index (χ1n) is 17.7. The Balaban J connectivity index is 1.18. The average molecular weight is 743 g/mol. The Morgan fingerprint density at radius 2 is 0.796 bits per heavy atom. The normalized spacial score (nSPS) is 19.2. The molecular weight excluding hydrogens is 696 g/mol. The second kappa shape index (κ2) is 16.5. The van der Waals surface area contributed by atoms with Gasteiger partial charge in [-0.05, 0) is 84.3 Å². The third kappa shape index (κ3) is 7.78.